The summed E-state index contributed by atoms with van der Waals surface area (Å²) in [7, 11) is 0. The van der Waals surface area contributed by atoms with Crippen LogP contribution in [0.25, 0.3) is 0 Å². The number of carbonyl (C=O) groups excluding carboxylic acids is 1. The number of benzene rings is 2. The van der Waals surface area contributed by atoms with Gasteiger partial charge in [-0.1, -0.05) is 44.9 Å². The number of carboxylic acids is 1. The Hall–Kier alpha value is -2.32. The van der Waals surface area contributed by atoms with Crippen molar-refractivity contribution in [1.82, 2.24) is 0 Å². The zero-order chi connectivity index (χ0) is 20.0. The summed E-state index contributed by atoms with van der Waals surface area (Å²) in [6.07, 6.45) is 0.758. The van der Waals surface area contributed by atoms with Gasteiger partial charge in [0.2, 0.25) is 0 Å². The van der Waals surface area contributed by atoms with Crippen LogP contribution in [0.15, 0.2) is 63.6 Å². The fourth-order valence-corrected chi connectivity index (χ4v) is 2.98. The fourth-order valence-electron chi connectivity index (χ4n) is 2.34. The van der Waals surface area contributed by atoms with Gasteiger partial charge in [-0.2, -0.15) is 0 Å². The highest BCUT2D eigenvalue weighted by Gasteiger charge is 2.25. The molecule has 2 aromatic carbocycles. The summed E-state index contributed by atoms with van der Waals surface area (Å²) in [5.41, 5.74) is 0.895. The van der Waals surface area contributed by atoms with E-state index in [1.165, 1.54) is 12.1 Å². The number of aromatic hydroxyl groups is 1. The van der Waals surface area contributed by atoms with Gasteiger partial charge in [0.1, 0.15) is 11.9 Å². The number of hydrogen-bond acceptors (Lipinski definition) is 4. The van der Waals surface area contributed by atoms with E-state index in [9.17, 15) is 14.7 Å². The molecule has 27 heavy (non-hydrogen) atoms. The topological polar surface area (TPSA) is 95.9 Å². The van der Waals surface area contributed by atoms with Gasteiger partial charge in [-0.25, -0.2) is 9.59 Å². The van der Waals surface area contributed by atoms with Crippen molar-refractivity contribution in [3.05, 3.63) is 69.1 Å². The maximum Gasteiger partial charge on any atom is 0.412 e. The first-order valence-corrected chi connectivity index (χ1v) is 9.47. The predicted octanol–water partition coefficient (Wildman–Crippen LogP) is 5.48. The van der Waals surface area contributed by atoms with Crippen molar-refractivity contribution in [1.29, 1.82) is 0 Å². The lowest BCUT2D eigenvalue weighted by Crippen LogP contribution is -2.21. The van der Waals surface area contributed by atoms with Crippen LogP contribution in [0.4, 0.5) is 10.5 Å². The van der Waals surface area contributed by atoms with E-state index in [4.69, 9.17) is 9.84 Å². The second kappa shape index (κ2) is 9.57. The zero-order valence-electron chi connectivity index (χ0n) is 14.2. The summed E-state index contributed by atoms with van der Waals surface area (Å²) in [5.74, 6) is -1.68. The van der Waals surface area contributed by atoms with Gasteiger partial charge in [0.15, 0.2) is 0 Å². The van der Waals surface area contributed by atoms with Crippen LogP contribution in [0.2, 0.25) is 0 Å². The Labute approximate surface area is 173 Å². The molecule has 6 nitrogen and oxygen atoms in total. The van der Waals surface area contributed by atoms with E-state index < -0.39 is 24.1 Å². The van der Waals surface area contributed by atoms with Gasteiger partial charge in [-0.05, 0) is 42.5 Å². The van der Waals surface area contributed by atoms with Crippen molar-refractivity contribution in [3.63, 3.8) is 0 Å². The molecule has 0 fully saturated rings. The average molecular weight is 499 g/mol. The van der Waals surface area contributed by atoms with Crippen LogP contribution in [0, 0.1) is 5.92 Å². The molecule has 0 radical (unpaired) electrons. The molecule has 8 heteroatoms. The number of nitrogens with one attached hydrogen (secondary N) is 1. The predicted molar refractivity (Wildman–Crippen MR) is 109 cm³/mol. The first kappa shape index (κ1) is 21.0. The molecule has 0 aliphatic heterocycles. The van der Waals surface area contributed by atoms with Gasteiger partial charge in [0.25, 0.3) is 0 Å². The van der Waals surface area contributed by atoms with E-state index in [1.807, 2.05) is 0 Å². The largest absolute Gasteiger partial charge is 0.508 e. The number of hydrogen-bond donors (Lipinski definition) is 3. The highest BCUT2D eigenvalue weighted by Crippen LogP contribution is 2.35. The van der Waals surface area contributed by atoms with Gasteiger partial charge in [-0.15, -0.1) is 0 Å². The minimum Gasteiger partial charge on any atom is -0.508 e. The van der Waals surface area contributed by atoms with Crippen LogP contribution in [-0.4, -0.2) is 22.3 Å². The molecule has 0 unspecified atom stereocenters. The van der Waals surface area contributed by atoms with Gasteiger partial charge < -0.3 is 14.9 Å². The van der Waals surface area contributed by atoms with Crippen LogP contribution in [0.1, 0.15) is 18.6 Å². The normalized spacial score (nSPS) is 13.1. The Morgan fingerprint density at radius 3 is 2.37 bits per heavy atom. The lowest BCUT2D eigenvalue weighted by atomic mass is 9.96. The highest BCUT2D eigenvalue weighted by atomic mass is 79.9. The van der Waals surface area contributed by atoms with Gasteiger partial charge >= 0.3 is 12.1 Å². The molecule has 2 rings (SSSR count). The molecule has 2 atom stereocenters. The Kier molecular flexibility index (Phi) is 7.44. The number of halogens is 2. The smallest absolute Gasteiger partial charge is 0.412 e. The minimum atomic E-state index is -1.11. The van der Waals surface area contributed by atoms with Crippen molar-refractivity contribution in [2.75, 3.05) is 5.32 Å². The summed E-state index contributed by atoms with van der Waals surface area (Å²) >= 11 is 6.63. The van der Waals surface area contributed by atoms with Crippen molar-refractivity contribution in [3.8, 4) is 5.75 Å². The third kappa shape index (κ3) is 6.41. The molecule has 2 aromatic rings. The molecule has 0 saturated heterocycles. The van der Waals surface area contributed by atoms with E-state index in [2.05, 4.69) is 37.2 Å². The molecule has 1 amide bonds. The van der Waals surface area contributed by atoms with E-state index >= 15 is 0 Å². The Balaban J connectivity index is 2.25. The molecular weight excluding hydrogens is 482 g/mol. The standard InChI is InChI=1S/C19H17Br2NO5/c1-11(2-9-17(24)25)18(15-10-13(21)5-8-16(15)23)27-19(26)22-14-6-3-12(20)4-7-14/h2-11,18,23H,1H3,(H,22,26)(H,24,25)/b9-2+/t11-,18+/m0/s1. The zero-order valence-corrected chi connectivity index (χ0v) is 17.4. The van der Waals surface area contributed by atoms with Crippen molar-refractivity contribution in [2.24, 2.45) is 5.92 Å². The molecule has 0 aromatic heterocycles. The van der Waals surface area contributed by atoms with Gasteiger partial charge in [-0.3, -0.25) is 5.32 Å². The molecule has 0 bridgehead atoms. The maximum absolute atomic E-state index is 12.3. The number of anilines is 1. The summed E-state index contributed by atoms with van der Waals surface area (Å²) < 4.78 is 7.07. The summed E-state index contributed by atoms with van der Waals surface area (Å²) in [5, 5.41) is 21.6. The molecular formula is C19H17Br2NO5. The summed E-state index contributed by atoms with van der Waals surface area (Å²) in [6.45, 7) is 1.69. The number of carbonyl (C=O) groups is 2. The number of ether oxygens (including phenoxy) is 1. The van der Waals surface area contributed by atoms with Crippen LogP contribution in [0.5, 0.6) is 5.75 Å². The number of phenolic OH excluding ortho intramolecular Hbond substituents is 1. The van der Waals surface area contributed by atoms with Crippen LogP contribution in [0.3, 0.4) is 0 Å². The lowest BCUT2D eigenvalue weighted by Gasteiger charge is -2.23. The number of carboxylic acid groups (broad SMARTS) is 1. The number of aliphatic carboxylic acids is 1. The van der Waals surface area contributed by atoms with Crippen LogP contribution >= 0.6 is 31.9 Å². The third-order valence-electron chi connectivity index (χ3n) is 3.64. The minimum absolute atomic E-state index is 0.0600. The highest BCUT2D eigenvalue weighted by molar-refractivity contribution is 9.10. The summed E-state index contributed by atoms with van der Waals surface area (Å²) in [6, 6.07) is 11.7. The number of rotatable bonds is 6. The molecule has 0 aliphatic carbocycles. The maximum atomic E-state index is 12.3. The summed E-state index contributed by atoms with van der Waals surface area (Å²) in [4.78, 5) is 23.1. The first-order valence-electron chi connectivity index (χ1n) is 7.89. The van der Waals surface area contributed by atoms with E-state index in [0.717, 1.165) is 10.5 Å². The molecule has 0 aliphatic rings. The molecule has 142 valence electrons. The Morgan fingerprint density at radius 2 is 1.74 bits per heavy atom. The van der Waals surface area contributed by atoms with Crippen molar-refractivity contribution < 1.29 is 24.5 Å². The molecule has 3 N–H and O–H groups in total. The SMILES string of the molecule is C[C@@H](/C=C/C(=O)O)[C@@H](OC(=O)Nc1ccc(Br)cc1)c1cc(Br)ccc1O. The van der Waals surface area contributed by atoms with E-state index in [1.54, 1.807) is 43.3 Å². The number of amides is 1. The molecule has 0 heterocycles. The van der Waals surface area contributed by atoms with Crippen molar-refractivity contribution >= 4 is 49.6 Å². The van der Waals surface area contributed by atoms with Crippen molar-refractivity contribution in [2.45, 2.75) is 13.0 Å². The number of phenols is 1. The van der Waals surface area contributed by atoms with E-state index in [-0.39, 0.29) is 5.75 Å². The Bertz CT molecular complexity index is 852. The third-order valence-corrected chi connectivity index (χ3v) is 4.66. The van der Waals surface area contributed by atoms with Crippen LogP contribution in [-0.2, 0) is 9.53 Å². The average Bonchev–Trinajstić information content (AvgIpc) is 2.62. The van der Waals surface area contributed by atoms with E-state index in [0.29, 0.717) is 15.7 Å². The second-order valence-corrected chi connectivity index (χ2v) is 7.55. The fraction of sp³-hybridized carbons (Fsp3) is 0.158. The van der Waals surface area contributed by atoms with Crippen LogP contribution < -0.4 is 5.32 Å². The van der Waals surface area contributed by atoms with Gasteiger partial charge in [0, 0.05) is 32.2 Å². The molecule has 0 saturated carbocycles. The monoisotopic (exact) mass is 497 g/mol. The molecule has 0 spiro atoms. The lowest BCUT2D eigenvalue weighted by molar-refractivity contribution is -0.131. The van der Waals surface area contributed by atoms with Gasteiger partial charge in [0.05, 0.1) is 0 Å². The Morgan fingerprint density at radius 1 is 1.11 bits per heavy atom. The second-order valence-electron chi connectivity index (χ2n) is 5.72. The first-order chi connectivity index (χ1) is 12.8. The quantitative estimate of drug-likeness (QED) is 0.458.